The Morgan fingerprint density at radius 3 is 2.50 bits per heavy atom. The molecule has 0 aromatic heterocycles. The van der Waals surface area contributed by atoms with Gasteiger partial charge in [-0.3, -0.25) is 4.79 Å². The third-order valence-corrected chi connectivity index (χ3v) is 4.18. The van der Waals surface area contributed by atoms with Crippen LogP contribution < -0.4 is 14.8 Å². The van der Waals surface area contributed by atoms with E-state index in [2.05, 4.69) is 27.9 Å². The van der Waals surface area contributed by atoms with Crippen molar-refractivity contribution in [2.24, 2.45) is 0 Å². The van der Waals surface area contributed by atoms with Crippen LogP contribution in [0.15, 0.2) is 42.5 Å². The third-order valence-electron chi connectivity index (χ3n) is 3.24. The second-order valence-electron chi connectivity index (χ2n) is 4.72. The van der Waals surface area contributed by atoms with Crippen LogP contribution in [-0.2, 0) is 11.2 Å². The SMILES string of the molecule is COc1ccc(CCC(=O)Nc2ccccc2I)cc1OC. The number of carbonyl (C=O) groups excluding carboxylic acids is 1. The molecule has 2 aromatic rings. The predicted octanol–water partition coefficient (Wildman–Crippen LogP) is 3.88. The van der Waals surface area contributed by atoms with Gasteiger partial charge in [-0.2, -0.15) is 0 Å². The van der Waals surface area contributed by atoms with Crippen molar-refractivity contribution < 1.29 is 14.3 Å². The Balaban J connectivity index is 1.95. The fourth-order valence-corrected chi connectivity index (χ4v) is 2.59. The first-order chi connectivity index (χ1) is 10.6. The first kappa shape index (κ1) is 16.6. The number of rotatable bonds is 6. The van der Waals surface area contributed by atoms with E-state index in [9.17, 15) is 4.79 Å². The molecule has 0 unspecified atom stereocenters. The van der Waals surface area contributed by atoms with Crippen molar-refractivity contribution in [3.8, 4) is 11.5 Å². The van der Waals surface area contributed by atoms with E-state index in [1.807, 2.05) is 42.5 Å². The summed E-state index contributed by atoms with van der Waals surface area (Å²) in [5.74, 6) is 1.37. The van der Waals surface area contributed by atoms with Crippen molar-refractivity contribution in [1.29, 1.82) is 0 Å². The van der Waals surface area contributed by atoms with Crippen LogP contribution in [0.2, 0.25) is 0 Å². The Kier molecular flexibility index (Phi) is 6.06. The Bertz CT molecular complexity index is 658. The Morgan fingerprint density at radius 1 is 1.09 bits per heavy atom. The highest BCUT2D eigenvalue weighted by atomic mass is 127. The van der Waals surface area contributed by atoms with Crippen LogP contribution >= 0.6 is 22.6 Å². The van der Waals surface area contributed by atoms with Crippen LogP contribution in [0.5, 0.6) is 11.5 Å². The molecule has 0 saturated carbocycles. The number of methoxy groups -OCH3 is 2. The molecule has 5 heteroatoms. The molecule has 0 fully saturated rings. The van der Waals surface area contributed by atoms with E-state index in [-0.39, 0.29) is 5.91 Å². The maximum Gasteiger partial charge on any atom is 0.224 e. The molecular weight excluding hydrogens is 393 g/mol. The van der Waals surface area contributed by atoms with Gasteiger partial charge in [-0.05, 0) is 58.8 Å². The summed E-state index contributed by atoms with van der Waals surface area (Å²) >= 11 is 2.21. The lowest BCUT2D eigenvalue weighted by atomic mass is 10.1. The molecule has 0 aliphatic heterocycles. The van der Waals surface area contributed by atoms with Crippen molar-refractivity contribution in [1.82, 2.24) is 0 Å². The van der Waals surface area contributed by atoms with E-state index < -0.39 is 0 Å². The van der Waals surface area contributed by atoms with Gasteiger partial charge in [0.05, 0.1) is 19.9 Å². The Morgan fingerprint density at radius 2 is 1.82 bits per heavy atom. The number of aryl methyl sites for hydroxylation is 1. The molecule has 22 heavy (non-hydrogen) atoms. The van der Waals surface area contributed by atoms with Crippen LogP contribution in [0, 0.1) is 3.57 Å². The number of anilines is 1. The molecule has 1 amide bonds. The summed E-state index contributed by atoms with van der Waals surface area (Å²) in [4.78, 5) is 12.0. The summed E-state index contributed by atoms with van der Waals surface area (Å²) in [6, 6.07) is 13.4. The predicted molar refractivity (Wildman–Crippen MR) is 95.7 cm³/mol. The molecular formula is C17H18INO3. The summed E-state index contributed by atoms with van der Waals surface area (Å²) in [5.41, 5.74) is 1.89. The summed E-state index contributed by atoms with van der Waals surface area (Å²) in [5, 5.41) is 2.93. The summed E-state index contributed by atoms with van der Waals surface area (Å²) in [6.45, 7) is 0. The van der Waals surface area contributed by atoms with Crippen LogP contribution in [0.3, 0.4) is 0 Å². The summed E-state index contributed by atoms with van der Waals surface area (Å²) in [7, 11) is 3.21. The van der Waals surface area contributed by atoms with E-state index in [1.165, 1.54) is 0 Å². The van der Waals surface area contributed by atoms with Crippen LogP contribution in [0.1, 0.15) is 12.0 Å². The maximum atomic E-state index is 12.0. The lowest BCUT2D eigenvalue weighted by Crippen LogP contribution is -2.13. The summed E-state index contributed by atoms with van der Waals surface area (Å²) < 4.78 is 11.5. The zero-order chi connectivity index (χ0) is 15.9. The molecule has 0 aliphatic rings. The van der Waals surface area contributed by atoms with Crippen LogP contribution in [0.4, 0.5) is 5.69 Å². The van der Waals surface area contributed by atoms with E-state index in [1.54, 1.807) is 14.2 Å². The normalized spacial score (nSPS) is 10.1. The number of hydrogen-bond donors (Lipinski definition) is 1. The topological polar surface area (TPSA) is 47.6 Å². The minimum Gasteiger partial charge on any atom is -0.493 e. The average molecular weight is 411 g/mol. The molecule has 0 bridgehead atoms. The molecule has 2 rings (SSSR count). The number of carbonyl (C=O) groups is 1. The first-order valence-electron chi connectivity index (χ1n) is 6.89. The molecule has 0 atom stereocenters. The van der Waals surface area contributed by atoms with Gasteiger partial charge in [-0.1, -0.05) is 18.2 Å². The largest absolute Gasteiger partial charge is 0.493 e. The van der Waals surface area contributed by atoms with Gasteiger partial charge in [0.15, 0.2) is 11.5 Å². The molecule has 0 aliphatic carbocycles. The van der Waals surface area contributed by atoms with E-state index in [4.69, 9.17) is 9.47 Å². The number of nitrogens with one attached hydrogen (secondary N) is 1. The van der Waals surface area contributed by atoms with Gasteiger partial charge in [0.1, 0.15) is 0 Å². The fourth-order valence-electron chi connectivity index (χ4n) is 2.07. The number of ether oxygens (including phenoxy) is 2. The van der Waals surface area contributed by atoms with Gasteiger partial charge >= 0.3 is 0 Å². The monoisotopic (exact) mass is 411 g/mol. The number of amides is 1. The van der Waals surface area contributed by atoms with Gasteiger partial charge in [0.2, 0.25) is 5.91 Å². The lowest BCUT2D eigenvalue weighted by Gasteiger charge is -2.10. The van der Waals surface area contributed by atoms with Crippen molar-refractivity contribution in [3.63, 3.8) is 0 Å². The molecule has 0 radical (unpaired) electrons. The highest BCUT2D eigenvalue weighted by Crippen LogP contribution is 2.28. The third kappa shape index (κ3) is 4.37. The van der Waals surface area contributed by atoms with Crippen LogP contribution in [-0.4, -0.2) is 20.1 Å². The standard InChI is InChI=1S/C17H18INO3/c1-21-15-9-7-12(11-16(15)22-2)8-10-17(20)19-14-6-4-3-5-13(14)18/h3-7,9,11H,8,10H2,1-2H3,(H,19,20). The molecule has 116 valence electrons. The quantitative estimate of drug-likeness (QED) is 0.735. The molecule has 1 N–H and O–H groups in total. The highest BCUT2D eigenvalue weighted by molar-refractivity contribution is 14.1. The van der Waals surface area contributed by atoms with Crippen LogP contribution in [0.25, 0.3) is 0 Å². The molecule has 0 heterocycles. The zero-order valence-electron chi connectivity index (χ0n) is 12.6. The second-order valence-corrected chi connectivity index (χ2v) is 5.88. The minimum absolute atomic E-state index is 0.00102. The number of halogens is 1. The molecule has 2 aromatic carbocycles. The minimum atomic E-state index is -0.00102. The van der Waals surface area contributed by atoms with Crippen molar-refractivity contribution in [2.45, 2.75) is 12.8 Å². The first-order valence-corrected chi connectivity index (χ1v) is 7.97. The van der Waals surface area contributed by atoms with Gasteiger partial charge < -0.3 is 14.8 Å². The average Bonchev–Trinajstić information content (AvgIpc) is 2.54. The fraction of sp³-hybridized carbons (Fsp3) is 0.235. The molecule has 0 saturated heterocycles. The van der Waals surface area contributed by atoms with Crippen molar-refractivity contribution in [2.75, 3.05) is 19.5 Å². The number of para-hydroxylation sites is 1. The lowest BCUT2D eigenvalue weighted by molar-refractivity contribution is -0.116. The second kappa shape index (κ2) is 8.03. The molecule has 4 nitrogen and oxygen atoms in total. The van der Waals surface area contributed by atoms with Crippen molar-refractivity contribution in [3.05, 3.63) is 51.6 Å². The summed E-state index contributed by atoms with van der Waals surface area (Å²) in [6.07, 6.45) is 1.07. The van der Waals surface area contributed by atoms with Crippen molar-refractivity contribution >= 4 is 34.2 Å². The van der Waals surface area contributed by atoms with E-state index in [0.29, 0.717) is 24.3 Å². The van der Waals surface area contributed by atoms with E-state index >= 15 is 0 Å². The van der Waals surface area contributed by atoms with E-state index in [0.717, 1.165) is 14.8 Å². The highest BCUT2D eigenvalue weighted by Gasteiger charge is 2.08. The number of benzene rings is 2. The number of hydrogen-bond acceptors (Lipinski definition) is 3. The van der Waals surface area contributed by atoms with Gasteiger partial charge in [-0.15, -0.1) is 0 Å². The smallest absolute Gasteiger partial charge is 0.224 e. The molecule has 0 spiro atoms. The van der Waals surface area contributed by atoms with Gasteiger partial charge in [0, 0.05) is 9.99 Å². The zero-order valence-corrected chi connectivity index (χ0v) is 14.7. The van der Waals surface area contributed by atoms with Gasteiger partial charge in [-0.25, -0.2) is 0 Å². The Hall–Kier alpha value is -1.76. The van der Waals surface area contributed by atoms with Gasteiger partial charge in [0.25, 0.3) is 0 Å². The Labute approximate surface area is 144 Å². The maximum absolute atomic E-state index is 12.0.